The van der Waals surface area contributed by atoms with E-state index in [0.717, 1.165) is 13.1 Å². The highest BCUT2D eigenvalue weighted by molar-refractivity contribution is 7.80. The van der Waals surface area contributed by atoms with Crippen molar-refractivity contribution in [3.63, 3.8) is 0 Å². The van der Waals surface area contributed by atoms with Crippen LogP contribution in [-0.4, -0.2) is 18.2 Å². The molecule has 0 amide bonds. The zero-order valence-corrected chi connectivity index (χ0v) is 4.09. The minimum absolute atomic E-state index is 0.662. The van der Waals surface area contributed by atoms with Crippen LogP contribution in [-0.2, 0) is 0 Å². The molecule has 1 aliphatic heterocycles. The Morgan fingerprint density at radius 2 is 2.67 bits per heavy atom. The monoisotopic (exact) mass is 101 g/mol. The maximum absolute atomic E-state index is 4.64. The van der Waals surface area contributed by atoms with Gasteiger partial charge in [-0.2, -0.15) is 0 Å². The lowest BCUT2D eigenvalue weighted by atomic mass is 10.7. The first kappa shape index (κ1) is 3.87. The van der Waals surface area contributed by atoms with Gasteiger partial charge in [-0.1, -0.05) is 0 Å². The van der Waals surface area contributed by atoms with E-state index in [-0.39, 0.29) is 0 Å². The van der Waals surface area contributed by atoms with Crippen LogP contribution in [0.25, 0.3) is 0 Å². The minimum Gasteiger partial charge on any atom is -0.359 e. The van der Waals surface area contributed by atoms with Crippen molar-refractivity contribution < 1.29 is 0 Å². The van der Waals surface area contributed by atoms with Gasteiger partial charge in [0.2, 0.25) is 0 Å². The zero-order chi connectivity index (χ0) is 4.41. The quantitative estimate of drug-likeness (QED) is 0.415. The van der Waals surface area contributed by atoms with Crippen molar-refractivity contribution >= 4 is 17.3 Å². The van der Waals surface area contributed by atoms with Crippen molar-refractivity contribution in [2.24, 2.45) is 0 Å². The van der Waals surface area contributed by atoms with E-state index in [4.69, 9.17) is 0 Å². The second-order valence-corrected chi connectivity index (χ2v) is 1.50. The molecule has 0 bridgehead atoms. The number of rotatable bonds is 0. The molecule has 0 aromatic heterocycles. The Balaban J connectivity index is 2.37. The summed E-state index contributed by atoms with van der Waals surface area (Å²) >= 11 is 4.64. The summed E-state index contributed by atoms with van der Waals surface area (Å²) in [4.78, 5) is 0. The second-order valence-electron chi connectivity index (χ2n) is 1.11. The average molecular weight is 101 g/mol. The van der Waals surface area contributed by atoms with E-state index < -0.39 is 0 Å². The molecule has 1 heterocycles. The Morgan fingerprint density at radius 1 is 1.83 bits per heavy atom. The Bertz CT molecular complexity index is 63.2. The molecular formula is C3H5N2S. The Morgan fingerprint density at radius 3 is 2.83 bits per heavy atom. The lowest BCUT2D eigenvalue weighted by Crippen LogP contribution is -2.15. The molecule has 1 radical (unpaired) electrons. The predicted molar refractivity (Wildman–Crippen MR) is 27.6 cm³/mol. The molecule has 2 nitrogen and oxygen atoms in total. The number of thiocarbonyl (C=S) groups is 1. The van der Waals surface area contributed by atoms with Gasteiger partial charge in [-0.05, 0) is 12.2 Å². The zero-order valence-electron chi connectivity index (χ0n) is 3.27. The number of hydrogen-bond donors (Lipinski definition) is 1. The van der Waals surface area contributed by atoms with E-state index in [0.29, 0.717) is 5.11 Å². The van der Waals surface area contributed by atoms with Crippen LogP contribution in [0.3, 0.4) is 0 Å². The largest absolute Gasteiger partial charge is 0.359 e. The second kappa shape index (κ2) is 1.43. The van der Waals surface area contributed by atoms with E-state index in [9.17, 15) is 0 Å². The van der Waals surface area contributed by atoms with Gasteiger partial charge in [0.25, 0.3) is 0 Å². The van der Waals surface area contributed by atoms with Gasteiger partial charge in [-0.15, -0.1) is 0 Å². The Hall–Kier alpha value is -0.310. The van der Waals surface area contributed by atoms with Gasteiger partial charge >= 0.3 is 0 Å². The third kappa shape index (κ3) is 0.597. The first-order valence-electron chi connectivity index (χ1n) is 1.85. The van der Waals surface area contributed by atoms with Crippen LogP contribution in [0.4, 0.5) is 0 Å². The number of hydrogen-bond acceptors (Lipinski definition) is 1. The highest BCUT2D eigenvalue weighted by Crippen LogP contribution is 1.75. The van der Waals surface area contributed by atoms with Gasteiger partial charge < -0.3 is 5.32 Å². The lowest BCUT2D eigenvalue weighted by Gasteiger charge is -1.82. The fraction of sp³-hybridized carbons (Fsp3) is 0.667. The summed E-state index contributed by atoms with van der Waals surface area (Å²) in [6.07, 6.45) is 0. The van der Waals surface area contributed by atoms with Gasteiger partial charge in [0.1, 0.15) is 0 Å². The number of nitrogens with zero attached hydrogens (tertiary/aromatic N) is 1. The van der Waals surface area contributed by atoms with Crippen molar-refractivity contribution in [3.05, 3.63) is 0 Å². The van der Waals surface area contributed by atoms with Crippen molar-refractivity contribution in [2.45, 2.75) is 0 Å². The molecule has 1 saturated heterocycles. The van der Waals surface area contributed by atoms with Gasteiger partial charge in [0, 0.05) is 6.54 Å². The fourth-order valence-electron chi connectivity index (χ4n) is 0.376. The smallest absolute Gasteiger partial charge is 0.188 e. The van der Waals surface area contributed by atoms with Crippen LogP contribution in [0.15, 0.2) is 0 Å². The molecule has 0 aromatic carbocycles. The first-order valence-corrected chi connectivity index (χ1v) is 2.26. The van der Waals surface area contributed by atoms with Crippen LogP contribution in [0.2, 0.25) is 0 Å². The van der Waals surface area contributed by atoms with Crippen LogP contribution in [0, 0.1) is 0 Å². The van der Waals surface area contributed by atoms with Gasteiger partial charge in [0.05, 0.1) is 6.54 Å². The van der Waals surface area contributed by atoms with E-state index in [1.807, 2.05) is 0 Å². The highest BCUT2D eigenvalue weighted by Gasteiger charge is 2.01. The Labute approximate surface area is 41.9 Å². The van der Waals surface area contributed by atoms with Gasteiger partial charge in [-0.25, -0.2) is 0 Å². The standard InChI is InChI=1S/C3H5N2S/c6-3-4-1-2-5-3/h1-2H2,(H,4,6). The molecule has 1 fully saturated rings. The average Bonchev–Trinajstić information content (AvgIpc) is 1.86. The molecule has 1 aliphatic rings. The topological polar surface area (TPSA) is 26.1 Å². The number of nitrogens with one attached hydrogen (secondary N) is 1. The third-order valence-electron chi connectivity index (χ3n) is 0.643. The summed E-state index contributed by atoms with van der Waals surface area (Å²) in [7, 11) is 0. The van der Waals surface area contributed by atoms with Crippen molar-refractivity contribution in [3.8, 4) is 0 Å². The van der Waals surface area contributed by atoms with E-state index in [1.54, 1.807) is 0 Å². The summed E-state index contributed by atoms with van der Waals surface area (Å²) in [6.45, 7) is 1.79. The van der Waals surface area contributed by atoms with Crippen molar-refractivity contribution in [2.75, 3.05) is 13.1 Å². The van der Waals surface area contributed by atoms with Crippen LogP contribution < -0.4 is 10.6 Å². The Kier molecular flexibility index (Phi) is 0.919. The molecule has 0 unspecified atom stereocenters. The summed E-state index contributed by atoms with van der Waals surface area (Å²) in [5.41, 5.74) is 0. The SMILES string of the molecule is S=C1[N]CCN1. The molecule has 33 valence electrons. The first-order chi connectivity index (χ1) is 2.89. The van der Waals surface area contributed by atoms with Crippen LogP contribution in [0.5, 0.6) is 0 Å². The van der Waals surface area contributed by atoms with Gasteiger partial charge in [0.15, 0.2) is 5.11 Å². The van der Waals surface area contributed by atoms with Crippen molar-refractivity contribution in [1.82, 2.24) is 10.6 Å². The fourth-order valence-corrected chi connectivity index (χ4v) is 0.570. The highest BCUT2D eigenvalue weighted by atomic mass is 32.1. The molecule has 0 aliphatic carbocycles. The maximum atomic E-state index is 4.64. The van der Waals surface area contributed by atoms with E-state index in [2.05, 4.69) is 22.9 Å². The third-order valence-corrected chi connectivity index (χ3v) is 0.917. The normalized spacial score (nSPS) is 19.7. The molecule has 1 rings (SSSR count). The van der Waals surface area contributed by atoms with E-state index >= 15 is 0 Å². The maximum Gasteiger partial charge on any atom is 0.188 e. The minimum atomic E-state index is 0.662. The molecule has 1 N–H and O–H groups in total. The van der Waals surface area contributed by atoms with E-state index in [1.165, 1.54) is 0 Å². The molecule has 0 saturated carbocycles. The van der Waals surface area contributed by atoms with Crippen molar-refractivity contribution in [1.29, 1.82) is 0 Å². The molecular weight excluding hydrogens is 96.1 g/mol. The summed E-state index contributed by atoms with van der Waals surface area (Å²) in [5, 5.41) is 7.40. The van der Waals surface area contributed by atoms with Crippen LogP contribution >= 0.6 is 12.2 Å². The molecule has 0 atom stereocenters. The molecule has 3 heteroatoms. The summed E-state index contributed by atoms with van der Waals surface area (Å²) < 4.78 is 0. The summed E-state index contributed by atoms with van der Waals surface area (Å²) in [5.74, 6) is 0. The predicted octanol–water partition coefficient (Wildman–Crippen LogP) is -0.521. The van der Waals surface area contributed by atoms with Gasteiger partial charge in [-0.3, -0.25) is 5.32 Å². The molecule has 6 heavy (non-hydrogen) atoms. The van der Waals surface area contributed by atoms with Crippen LogP contribution in [0.1, 0.15) is 0 Å². The summed E-state index contributed by atoms with van der Waals surface area (Å²) in [6, 6.07) is 0. The lowest BCUT2D eigenvalue weighted by molar-refractivity contribution is 0.934. The molecule has 0 aromatic rings. The molecule has 0 spiro atoms.